The zero-order valence-corrected chi connectivity index (χ0v) is 11.3. The van der Waals surface area contributed by atoms with E-state index < -0.39 is 0 Å². The highest BCUT2D eigenvalue weighted by Crippen LogP contribution is 2.17. The Morgan fingerprint density at radius 1 is 1.22 bits per heavy atom. The first kappa shape index (κ1) is 13.3. The van der Waals surface area contributed by atoms with Crippen molar-refractivity contribution in [1.82, 2.24) is 4.90 Å². The molecule has 0 spiro atoms. The van der Waals surface area contributed by atoms with Gasteiger partial charge in [0.1, 0.15) is 5.82 Å². The molecule has 1 fully saturated rings. The summed E-state index contributed by atoms with van der Waals surface area (Å²) in [6.07, 6.45) is 2.34. The van der Waals surface area contributed by atoms with Gasteiger partial charge in [-0.2, -0.15) is 0 Å². The van der Waals surface area contributed by atoms with E-state index in [-0.39, 0.29) is 5.82 Å². The van der Waals surface area contributed by atoms with Crippen LogP contribution in [0.5, 0.6) is 0 Å². The largest absolute Gasteiger partial charge is 0.382 e. The number of likely N-dealkylation sites (tertiary alicyclic amines) is 1. The van der Waals surface area contributed by atoms with Crippen LogP contribution in [0.3, 0.4) is 0 Å². The molecule has 1 aromatic carbocycles. The van der Waals surface area contributed by atoms with E-state index >= 15 is 0 Å². The maximum atomic E-state index is 12.8. The number of halogens is 1. The van der Waals surface area contributed by atoms with Crippen LogP contribution < -0.4 is 5.32 Å². The van der Waals surface area contributed by atoms with Gasteiger partial charge in [0.2, 0.25) is 0 Å². The predicted octanol–water partition coefficient (Wildman–Crippen LogP) is 3.36. The second kappa shape index (κ2) is 6.19. The van der Waals surface area contributed by atoms with E-state index in [4.69, 9.17) is 0 Å². The monoisotopic (exact) mass is 250 g/mol. The molecule has 1 aromatic rings. The van der Waals surface area contributed by atoms with Crippen LogP contribution in [0.25, 0.3) is 0 Å². The van der Waals surface area contributed by atoms with E-state index in [1.165, 1.54) is 31.5 Å². The Hall–Kier alpha value is -1.09. The number of rotatable bonds is 4. The summed E-state index contributed by atoms with van der Waals surface area (Å²) in [6.45, 7) is 8.06. The van der Waals surface area contributed by atoms with Crippen LogP contribution in [0.4, 0.5) is 10.1 Å². The highest BCUT2D eigenvalue weighted by atomic mass is 19.1. The van der Waals surface area contributed by atoms with E-state index in [9.17, 15) is 4.39 Å². The Labute approximate surface area is 109 Å². The fourth-order valence-corrected chi connectivity index (χ4v) is 2.56. The van der Waals surface area contributed by atoms with Gasteiger partial charge in [-0.1, -0.05) is 13.8 Å². The Balaban J connectivity index is 1.78. The quantitative estimate of drug-likeness (QED) is 0.881. The number of anilines is 1. The van der Waals surface area contributed by atoms with Crippen LogP contribution in [-0.4, -0.2) is 30.6 Å². The molecule has 1 aliphatic rings. The molecule has 0 saturated carbocycles. The average molecular weight is 250 g/mol. The highest BCUT2D eigenvalue weighted by molar-refractivity contribution is 5.43. The van der Waals surface area contributed by atoms with E-state index in [2.05, 4.69) is 24.1 Å². The molecule has 0 bridgehead atoms. The minimum absolute atomic E-state index is 0.174. The maximum Gasteiger partial charge on any atom is 0.123 e. The minimum Gasteiger partial charge on any atom is -0.382 e. The Morgan fingerprint density at radius 2 is 1.83 bits per heavy atom. The van der Waals surface area contributed by atoms with Gasteiger partial charge in [0.05, 0.1) is 0 Å². The summed E-state index contributed by atoms with van der Waals surface area (Å²) in [5.41, 5.74) is 1.03. The minimum atomic E-state index is -0.174. The molecule has 2 nitrogen and oxygen atoms in total. The van der Waals surface area contributed by atoms with Crippen LogP contribution in [0.15, 0.2) is 24.3 Å². The molecule has 0 unspecified atom stereocenters. The first-order valence-corrected chi connectivity index (χ1v) is 6.88. The summed E-state index contributed by atoms with van der Waals surface area (Å²) in [6, 6.07) is 7.18. The third-order valence-electron chi connectivity index (χ3n) is 3.43. The SMILES string of the molecule is CC(C)CN1CCC(Nc2ccc(F)cc2)CC1. The van der Waals surface area contributed by atoms with Crippen molar-refractivity contribution in [2.45, 2.75) is 32.7 Å². The third-order valence-corrected chi connectivity index (χ3v) is 3.43. The van der Waals surface area contributed by atoms with Gasteiger partial charge < -0.3 is 10.2 Å². The van der Waals surface area contributed by atoms with Crippen LogP contribution >= 0.6 is 0 Å². The van der Waals surface area contributed by atoms with E-state index in [0.29, 0.717) is 6.04 Å². The van der Waals surface area contributed by atoms with Gasteiger partial charge in [-0.3, -0.25) is 0 Å². The number of hydrogen-bond acceptors (Lipinski definition) is 2. The van der Waals surface area contributed by atoms with E-state index in [1.807, 2.05) is 12.1 Å². The second-order valence-electron chi connectivity index (χ2n) is 5.62. The molecule has 100 valence electrons. The van der Waals surface area contributed by atoms with Crippen LogP contribution in [0.2, 0.25) is 0 Å². The highest BCUT2D eigenvalue weighted by Gasteiger charge is 2.19. The summed E-state index contributed by atoms with van der Waals surface area (Å²) in [4.78, 5) is 2.54. The van der Waals surface area contributed by atoms with Crippen molar-refractivity contribution in [3.8, 4) is 0 Å². The fourth-order valence-electron chi connectivity index (χ4n) is 2.56. The van der Waals surface area contributed by atoms with Gasteiger partial charge in [-0.05, 0) is 43.0 Å². The fraction of sp³-hybridized carbons (Fsp3) is 0.600. The van der Waals surface area contributed by atoms with Gasteiger partial charge >= 0.3 is 0 Å². The van der Waals surface area contributed by atoms with Crippen molar-refractivity contribution in [2.75, 3.05) is 25.0 Å². The van der Waals surface area contributed by atoms with Gasteiger partial charge in [-0.25, -0.2) is 4.39 Å². The molecule has 0 radical (unpaired) electrons. The van der Waals surface area contributed by atoms with Crippen molar-refractivity contribution in [3.63, 3.8) is 0 Å². The van der Waals surface area contributed by atoms with Gasteiger partial charge in [0.25, 0.3) is 0 Å². The van der Waals surface area contributed by atoms with Crippen molar-refractivity contribution in [2.24, 2.45) is 5.92 Å². The van der Waals surface area contributed by atoms with E-state index in [1.54, 1.807) is 0 Å². The van der Waals surface area contributed by atoms with Crippen LogP contribution in [0.1, 0.15) is 26.7 Å². The van der Waals surface area contributed by atoms with Crippen molar-refractivity contribution < 1.29 is 4.39 Å². The molecule has 1 saturated heterocycles. The normalized spacial score (nSPS) is 18.2. The zero-order valence-electron chi connectivity index (χ0n) is 11.3. The molecular weight excluding hydrogens is 227 g/mol. The molecule has 0 amide bonds. The summed E-state index contributed by atoms with van der Waals surface area (Å²) in [5, 5.41) is 3.49. The lowest BCUT2D eigenvalue weighted by molar-refractivity contribution is 0.198. The Bertz CT molecular complexity index is 353. The zero-order chi connectivity index (χ0) is 13.0. The summed E-state index contributed by atoms with van der Waals surface area (Å²) in [7, 11) is 0. The number of piperidine rings is 1. The third kappa shape index (κ3) is 3.98. The number of benzene rings is 1. The smallest absolute Gasteiger partial charge is 0.123 e. The van der Waals surface area contributed by atoms with Crippen molar-refractivity contribution in [1.29, 1.82) is 0 Å². The summed E-state index contributed by atoms with van der Waals surface area (Å²) >= 11 is 0. The molecule has 0 aliphatic carbocycles. The van der Waals surface area contributed by atoms with E-state index in [0.717, 1.165) is 24.7 Å². The van der Waals surface area contributed by atoms with Crippen LogP contribution in [-0.2, 0) is 0 Å². The number of nitrogens with one attached hydrogen (secondary N) is 1. The molecule has 1 aliphatic heterocycles. The lowest BCUT2D eigenvalue weighted by Gasteiger charge is -2.33. The molecular formula is C15H23FN2. The summed E-state index contributed by atoms with van der Waals surface area (Å²) < 4.78 is 12.8. The molecule has 0 aromatic heterocycles. The number of hydrogen-bond donors (Lipinski definition) is 1. The maximum absolute atomic E-state index is 12.8. The van der Waals surface area contributed by atoms with Crippen molar-refractivity contribution in [3.05, 3.63) is 30.1 Å². The molecule has 18 heavy (non-hydrogen) atoms. The molecule has 3 heteroatoms. The van der Waals surface area contributed by atoms with Gasteiger partial charge in [0.15, 0.2) is 0 Å². The Morgan fingerprint density at radius 3 is 2.39 bits per heavy atom. The van der Waals surface area contributed by atoms with Gasteiger partial charge in [0, 0.05) is 31.4 Å². The predicted molar refractivity (Wildman–Crippen MR) is 74.3 cm³/mol. The summed E-state index contributed by atoms with van der Waals surface area (Å²) in [5.74, 6) is 0.568. The standard InChI is InChI=1S/C15H23FN2/c1-12(2)11-18-9-7-15(8-10-18)17-14-5-3-13(16)4-6-14/h3-6,12,15,17H,7-11H2,1-2H3. The number of nitrogens with zero attached hydrogens (tertiary/aromatic N) is 1. The first-order valence-electron chi connectivity index (χ1n) is 6.88. The molecule has 1 N–H and O–H groups in total. The van der Waals surface area contributed by atoms with Crippen molar-refractivity contribution >= 4 is 5.69 Å². The average Bonchev–Trinajstić information content (AvgIpc) is 2.34. The second-order valence-corrected chi connectivity index (χ2v) is 5.62. The topological polar surface area (TPSA) is 15.3 Å². The molecule has 2 rings (SSSR count). The molecule has 0 atom stereocenters. The Kier molecular flexibility index (Phi) is 4.59. The lowest BCUT2D eigenvalue weighted by atomic mass is 10.0. The first-order chi connectivity index (χ1) is 8.63. The van der Waals surface area contributed by atoms with Gasteiger partial charge in [-0.15, -0.1) is 0 Å². The molecule has 1 heterocycles. The lowest BCUT2D eigenvalue weighted by Crippen LogP contribution is -2.40. The van der Waals surface area contributed by atoms with Crippen LogP contribution in [0, 0.1) is 11.7 Å².